The number of fused-ring (bicyclic) bond motifs is 1. The van der Waals surface area contributed by atoms with Crippen LogP contribution in [0.1, 0.15) is 27.9 Å². The Labute approximate surface area is 220 Å². The van der Waals surface area contributed by atoms with Crippen LogP contribution in [0.5, 0.6) is 0 Å². The minimum absolute atomic E-state index is 0.144. The van der Waals surface area contributed by atoms with Crippen molar-refractivity contribution in [2.24, 2.45) is 0 Å². The highest BCUT2D eigenvalue weighted by atomic mass is 19.1. The molecular formula is C30H31F2N3O3. The van der Waals surface area contributed by atoms with E-state index >= 15 is 0 Å². The molecule has 1 aromatic heterocycles. The predicted molar refractivity (Wildman–Crippen MR) is 143 cm³/mol. The number of carbonyl (C=O) groups excluding carboxylic acids is 2. The molecule has 0 spiro atoms. The highest BCUT2D eigenvalue weighted by Crippen LogP contribution is 2.19. The van der Waals surface area contributed by atoms with E-state index in [9.17, 15) is 18.4 Å². The lowest BCUT2D eigenvalue weighted by Crippen LogP contribution is -2.44. The summed E-state index contributed by atoms with van der Waals surface area (Å²) in [7, 11) is 1.58. The molecule has 3 aromatic carbocycles. The number of benzene rings is 3. The molecule has 0 saturated heterocycles. The van der Waals surface area contributed by atoms with Crippen molar-refractivity contribution in [2.75, 3.05) is 33.4 Å². The van der Waals surface area contributed by atoms with Crippen molar-refractivity contribution in [3.8, 4) is 0 Å². The molecule has 2 amide bonds. The van der Waals surface area contributed by atoms with Crippen LogP contribution in [0.4, 0.5) is 8.78 Å². The lowest BCUT2D eigenvalue weighted by Gasteiger charge is -2.28. The van der Waals surface area contributed by atoms with Gasteiger partial charge >= 0.3 is 0 Å². The number of hydrogen-bond donors (Lipinski definition) is 1. The van der Waals surface area contributed by atoms with Crippen molar-refractivity contribution in [1.82, 2.24) is 14.8 Å². The van der Waals surface area contributed by atoms with E-state index < -0.39 is 5.82 Å². The number of H-pyrrole nitrogens is 1. The van der Waals surface area contributed by atoms with E-state index in [1.54, 1.807) is 24.1 Å². The molecule has 1 heterocycles. The maximum Gasteiger partial charge on any atom is 0.254 e. The number of ether oxygens (including phenoxy) is 1. The van der Waals surface area contributed by atoms with Crippen LogP contribution in [0.25, 0.3) is 10.9 Å². The van der Waals surface area contributed by atoms with Gasteiger partial charge in [0.25, 0.3) is 5.91 Å². The van der Waals surface area contributed by atoms with Gasteiger partial charge in [0.2, 0.25) is 5.91 Å². The molecule has 0 aliphatic heterocycles. The molecule has 4 rings (SSSR count). The third kappa shape index (κ3) is 7.04. The summed E-state index contributed by atoms with van der Waals surface area (Å²) in [6.45, 7) is 1.28. The first-order chi connectivity index (χ1) is 18.4. The molecule has 8 heteroatoms. The Morgan fingerprint density at radius 3 is 2.26 bits per heavy atom. The van der Waals surface area contributed by atoms with Gasteiger partial charge in [-0.2, -0.15) is 0 Å². The van der Waals surface area contributed by atoms with Gasteiger partial charge in [-0.25, -0.2) is 8.78 Å². The van der Waals surface area contributed by atoms with Crippen molar-refractivity contribution < 1.29 is 23.1 Å². The number of rotatable bonds is 12. The van der Waals surface area contributed by atoms with E-state index in [0.29, 0.717) is 38.1 Å². The zero-order valence-electron chi connectivity index (χ0n) is 21.3. The number of aromatic amines is 1. The summed E-state index contributed by atoms with van der Waals surface area (Å²) < 4.78 is 32.0. The topological polar surface area (TPSA) is 65.6 Å². The third-order valence-corrected chi connectivity index (χ3v) is 6.45. The quantitative estimate of drug-likeness (QED) is 0.262. The Bertz CT molecular complexity index is 1350. The number of amides is 2. The van der Waals surface area contributed by atoms with E-state index in [1.165, 1.54) is 41.3 Å². The monoisotopic (exact) mass is 519 g/mol. The van der Waals surface area contributed by atoms with Crippen LogP contribution in [0.3, 0.4) is 0 Å². The van der Waals surface area contributed by atoms with E-state index in [0.717, 1.165) is 22.0 Å². The van der Waals surface area contributed by atoms with E-state index in [2.05, 4.69) is 4.98 Å². The largest absolute Gasteiger partial charge is 0.385 e. The third-order valence-electron chi connectivity index (χ3n) is 6.45. The van der Waals surface area contributed by atoms with Gasteiger partial charge in [0, 0.05) is 56.0 Å². The molecule has 0 atom stereocenters. The van der Waals surface area contributed by atoms with Gasteiger partial charge in [-0.15, -0.1) is 0 Å². The second-order valence-corrected chi connectivity index (χ2v) is 9.13. The number of para-hydroxylation sites is 1. The van der Waals surface area contributed by atoms with Crippen molar-refractivity contribution in [2.45, 2.75) is 19.4 Å². The lowest BCUT2D eigenvalue weighted by atomic mass is 10.1. The van der Waals surface area contributed by atoms with Crippen LogP contribution in [0.2, 0.25) is 0 Å². The molecular weight excluding hydrogens is 488 g/mol. The minimum atomic E-state index is -0.439. The summed E-state index contributed by atoms with van der Waals surface area (Å²) in [5, 5.41) is 1.09. The summed E-state index contributed by atoms with van der Waals surface area (Å²) in [6.07, 6.45) is 3.09. The number of nitrogens with zero attached hydrogens (tertiary/aromatic N) is 2. The van der Waals surface area contributed by atoms with E-state index in [4.69, 9.17) is 4.74 Å². The molecule has 0 radical (unpaired) electrons. The Kier molecular flexibility index (Phi) is 9.21. The molecule has 0 aliphatic carbocycles. The second-order valence-electron chi connectivity index (χ2n) is 9.13. The van der Waals surface area contributed by atoms with Gasteiger partial charge in [0.1, 0.15) is 18.2 Å². The van der Waals surface area contributed by atoms with Gasteiger partial charge < -0.3 is 19.5 Å². The average Bonchev–Trinajstić information content (AvgIpc) is 3.34. The minimum Gasteiger partial charge on any atom is -0.385 e. The SMILES string of the molecule is COCCCN(CC(=O)N(CCc1c[nH]c2ccccc12)Cc1ccc(F)cc1)C(=O)c1ccc(F)cc1. The van der Waals surface area contributed by atoms with Crippen LogP contribution in [-0.2, 0) is 22.5 Å². The molecule has 0 unspecified atom stereocenters. The lowest BCUT2D eigenvalue weighted by molar-refractivity contribution is -0.132. The Hall–Kier alpha value is -4.04. The molecule has 4 aromatic rings. The van der Waals surface area contributed by atoms with Crippen molar-refractivity contribution in [3.63, 3.8) is 0 Å². The van der Waals surface area contributed by atoms with Crippen LogP contribution >= 0.6 is 0 Å². The van der Waals surface area contributed by atoms with Crippen LogP contribution in [-0.4, -0.2) is 59.9 Å². The van der Waals surface area contributed by atoms with E-state index in [1.807, 2.05) is 30.5 Å². The van der Waals surface area contributed by atoms with E-state index in [-0.39, 0.29) is 30.7 Å². The molecule has 198 valence electrons. The molecule has 6 nitrogen and oxygen atoms in total. The van der Waals surface area contributed by atoms with Crippen molar-refractivity contribution >= 4 is 22.7 Å². The fourth-order valence-corrected chi connectivity index (χ4v) is 4.39. The maximum atomic E-state index is 13.6. The summed E-state index contributed by atoms with van der Waals surface area (Å²) in [5.41, 5.74) is 3.19. The number of methoxy groups -OCH3 is 1. The first-order valence-electron chi connectivity index (χ1n) is 12.6. The zero-order chi connectivity index (χ0) is 26.9. The number of hydrogen-bond acceptors (Lipinski definition) is 3. The molecule has 0 fully saturated rings. The highest BCUT2D eigenvalue weighted by molar-refractivity contribution is 5.96. The van der Waals surface area contributed by atoms with Crippen molar-refractivity contribution in [3.05, 3.63) is 107 Å². The van der Waals surface area contributed by atoms with Gasteiger partial charge in [-0.05, 0) is 66.4 Å². The Balaban J connectivity index is 1.53. The average molecular weight is 520 g/mol. The fourth-order valence-electron chi connectivity index (χ4n) is 4.39. The number of nitrogens with one attached hydrogen (secondary N) is 1. The predicted octanol–water partition coefficient (Wildman–Crippen LogP) is 5.20. The summed E-state index contributed by atoms with van der Waals surface area (Å²) in [6, 6.07) is 19.3. The van der Waals surface area contributed by atoms with Crippen molar-refractivity contribution in [1.29, 1.82) is 0 Å². The smallest absolute Gasteiger partial charge is 0.254 e. The highest BCUT2D eigenvalue weighted by Gasteiger charge is 2.23. The van der Waals surface area contributed by atoms with Crippen LogP contribution in [0.15, 0.2) is 79.0 Å². The van der Waals surface area contributed by atoms with Gasteiger partial charge in [0.05, 0.1) is 0 Å². The zero-order valence-corrected chi connectivity index (χ0v) is 21.3. The number of carbonyl (C=O) groups is 2. The second kappa shape index (κ2) is 13.0. The number of halogens is 2. The first-order valence-corrected chi connectivity index (χ1v) is 12.6. The Morgan fingerprint density at radius 2 is 1.55 bits per heavy atom. The molecule has 0 saturated carbocycles. The summed E-state index contributed by atoms with van der Waals surface area (Å²) in [5.74, 6) is -1.37. The number of aromatic nitrogens is 1. The van der Waals surface area contributed by atoms with Crippen LogP contribution < -0.4 is 0 Å². The molecule has 0 aliphatic rings. The molecule has 38 heavy (non-hydrogen) atoms. The molecule has 0 bridgehead atoms. The summed E-state index contributed by atoms with van der Waals surface area (Å²) in [4.78, 5) is 33.3. The standard InChI is InChI=1S/C30H31F2N3O3/c1-38-18-4-16-35(30(37)23-9-13-26(32)14-10-23)21-29(36)34(20-22-7-11-25(31)12-8-22)17-15-24-19-33-28-6-3-2-5-27(24)28/h2-3,5-14,19,33H,4,15-18,20-21H2,1H3. The summed E-state index contributed by atoms with van der Waals surface area (Å²) >= 11 is 0. The molecule has 1 N–H and O–H groups in total. The van der Waals surface area contributed by atoms with Crippen LogP contribution in [0, 0.1) is 11.6 Å². The Morgan fingerprint density at radius 1 is 0.868 bits per heavy atom. The van der Waals surface area contributed by atoms with Gasteiger partial charge in [-0.1, -0.05) is 30.3 Å². The first kappa shape index (κ1) is 27.0. The normalized spacial score (nSPS) is 11.0. The van der Waals surface area contributed by atoms with Gasteiger partial charge in [0.15, 0.2) is 0 Å². The van der Waals surface area contributed by atoms with Gasteiger partial charge in [-0.3, -0.25) is 9.59 Å². The fraction of sp³-hybridized carbons (Fsp3) is 0.267. The maximum absolute atomic E-state index is 13.6.